The Hall–Kier alpha value is -0.800. The maximum absolute atomic E-state index is 6.07. The fourth-order valence-corrected chi connectivity index (χ4v) is 3.66. The lowest BCUT2D eigenvalue weighted by molar-refractivity contribution is 0.0568. The van der Waals surface area contributed by atoms with Crippen LogP contribution in [0.25, 0.3) is 11.0 Å². The van der Waals surface area contributed by atoms with Gasteiger partial charge >= 0.3 is 0 Å². The zero-order chi connectivity index (χ0) is 14.3. The van der Waals surface area contributed by atoms with Gasteiger partial charge in [-0.15, -0.1) is 0 Å². The Balaban J connectivity index is 1.82. The van der Waals surface area contributed by atoms with Crippen molar-refractivity contribution in [2.45, 2.75) is 45.6 Å². The smallest absolute Gasteiger partial charge is 0.134 e. The normalized spacial score (nSPS) is 24.8. The van der Waals surface area contributed by atoms with Crippen molar-refractivity contribution < 1.29 is 4.42 Å². The van der Waals surface area contributed by atoms with Crippen LogP contribution in [0.2, 0.25) is 0 Å². The van der Waals surface area contributed by atoms with Crippen LogP contribution in [0.3, 0.4) is 0 Å². The molecule has 0 amide bonds. The van der Waals surface area contributed by atoms with E-state index in [0.29, 0.717) is 12.0 Å². The van der Waals surface area contributed by atoms with Crippen LogP contribution in [-0.2, 0) is 0 Å². The minimum absolute atomic E-state index is 0.264. The third-order valence-electron chi connectivity index (χ3n) is 4.75. The quantitative estimate of drug-likeness (QED) is 0.842. The Morgan fingerprint density at radius 3 is 2.85 bits per heavy atom. The third-order valence-corrected chi connectivity index (χ3v) is 5.24. The number of benzene rings is 1. The van der Waals surface area contributed by atoms with Crippen molar-refractivity contribution in [2.75, 3.05) is 6.54 Å². The van der Waals surface area contributed by atoms with E-state index in [-0.39, 0.29) is 5.41 Å². The van der Waals surface area contributed by atoms with Crippen molar-refractivity contribution in [3.63, 3.8) is 0 Å². The van der Waals surface area contributed by atoms with Crippen molar-refractivity contribution in [3.8, 4) is 0 Å². The zero-order valence-corrected chi connectivity index (χ0v) is 14.0. The van der Waals surface area contributed by atoms with Gasteiger partial charge in [-0.25, -0.2) is 0 Å². The molecule has 1 N–H and O–H groups in total. The minimum atomic E-state index is 0.264. The van der Waals surface area contributed by atoms with Crippen molar-refractivity contribution in [3.05, 3.63) is 34.5 Å². The summed E-state index contributed by atoms with van der Waals surface area (Å²) in [6, 6.07) is 9.02. The molecule has 1 aliphatic carbocycles. The zero-order valence-electron chi connectivity index (χ0n) is 12.4. The van der Waals surface area contributed by atoms with Crippen molar-refractivity contribution in [1.29, 1.82) is 0 Å². The van der Waals surface area contributed by atoms with Crippen LogP contribution in [0.15, 0.2) is 33.2 Å². The molecule has 0 aliphatic heterocycles. The van der Waals surface area contributed by atoms with Crippen LogP contribution < -0.4 is 5.32 Å². The molecule has 1 aromatic carbocycles. The van der Waals surface area contributed by atoms with E-state index in [4.69, 9.17) is 4.42 Å². The Kier molecular flexibility index (Phi) is 3.67. The van der Waals surface area contributed by atoms with Gasteiger partial charge in [-0.2, -0.15) is 0 Å². The number of fused-ring (bicyclic) bond motifs is 1. The van der Waals surface area contributed by atoms with E-state index in [1.165, 1.54) is 18.2 Å². The van der Waals surface area contributed by atoms with Crippen LogP contribution in [0.4, 0.5) is 0 Å². The van der Waals surface area contributed by atoms with Crippen LogP contribution in [-0.4, -0.2) is 12.6 Å². The molecule has 0 radical (unpaired) electrons. The van der Waals surface area contributed by atoms with Crippen LogP contribution in [0, 0.1) is 5.41 Å². The molecule has 2 nitrogen and oxygen atoms in total. The summed E-state index contributed by atoms with van der Waals surface area (Å²) >= 11 is 3.52. The molecule has 2 aromatic rings. The number of furan rings is 1. The molecule has 0 saturated heterocycles. The van der Waals surface area contributed by atoms with E-state index in [0.717, 1.165) is 22.4 Å². The van der Waals surface area contributed by atoms with Gasteiger partial charge in [-0.1, -0.05) is 36.7 Å². The predicted molar refractivity (Wildman–Crippen MR) is 87.1 cm³/mol. The second kappa shape index (κ2) is 5.19. The summed E-state index contributed by atoms with van der Waals surface area (Å²) in [6.07, 6.45) is 2.36. The first-order valence-electron chi connectivity index (χ1n) is 7.44. The fourth-order valence-electron chi connectivity index (χ4n) is 3.28. The molecule has 1 fully saturated rings. The number of hydrogen-bond donors (Lipinski definition) is 1. The van der Waals surface area contributed by atoms with Crippen LogP contribution >= 0.6 is 15.9 Å². The minimum Gasteiger partial charge on any atom is -0.461 e. The van der Waals surface area contributed by atoms with Gasteiger partial charge in [0.05, 0.1) is 0 Å². The van der Waals surface area contributed by atoms with Gasteiger partial charge < -0.3 is 9.73 Å². The second-order valence-electron chi connectivity index (χ2n) is 6.45. The monoisotopic (exact) mass is 335 g/mol. The molecule has 1 heterocycles. The highest BCUT2D eigenvalue weighted by Gasteiger charge is 2.49. The standard InChI is InChI=1S/C17H22BrNO/c1-4-7-19-16-10-13(17(16,2)3)15-9-11-8-12(18)5-6-14(11)20-15/h5-6,8-9,13,16,19H,4,7,10H2,1-3H3. The topological polar surface area (TPSA) is 25.2 Å². The molecule has 3 heteroatoms. The van der Waals surface area contributed by atoms with Gasteiger partial charge in [0.1, 0.15) is 11.3 Å². The van der Waals surface area contributed by atoms with Gasteiger partial charge in [0, 0.05) is 21.8 Å². The van der Waals surface area contributed by atoms with E-state index in [1.807, 2.05) is 12.1 Å². The number of rotatable bonds is 4. The summed E-state index contributed by atoms with van der Waals surface area (Å²) in [5, 5.41) is 4.84. The third kappa shape index (κ3) is 2.31. The summed E-state index contributed by atoms with van der Waals surface area (Å²) < 4.78 is 7.17. The molecule has 2 unspecified atom stereocenters. The van der Waals surface area contributed by atoms with Gasteiger partial charge in [0.2, 0.25) is 0 Å². The maximum atomic E-state index is 6.07. The Bertz CT molecular complexity index is 616. The molecule has 20 heavy (non-hydrogen) atoms. The highest BCUT2D eigenvalue weighted by atomic mass is 79.9. The van der Waals surface area contributed by atoms with Gasteiger partial charge in [-0.05, 0) is 49.1 Å². The summed E-state index contributed by atoms with van der Waals surface area (Å²) in [4.78, 5) is 0. The van der Waals surface area contributed by atoms with Gasteiger partial charge in [0.25, 0.3) is 0 Å². The molecule has 3 rings (SSSR count). The highest BCUT2D eigenvalue weighted by molar-refractivity contribution is 9.10. The summed E-state index contributed by atoms with van der Waals surface area (Å²) in [6.45, 7) is 8.01. The molecule has 2 atom stereocenters. The summed E-state index contributed by atoms with van der Waals surface area (Å²) in [5.74, 6) is 1.65. The molecule has 1 aromatic heterocycles. The maximum Gasteiger partial charge on any atom is 0.134 e. The molecule has 0 bridgehead atoms. The number of halogens is 1. The molecule has 0 spiro atoms. The van der Waals surface area contributed by atoms with Crippen molar-refractivity contribution >= 4 is 26.9 Å². The first-order chi connectivity index (χ1) is 9.52. The van der Waals surface area contributed by atoms with Gasteiger partial charge in [0.15, 0.2) is 0 Å². The van der Waals surface area contributed by atoms with E-state index in [1.54, 1.807) is 0 Å². The molecule has 1 saturated carbocycles. The van der Waals surface area contributed by atoms with Crippen molar-refractivity contribution in [1.82, 2.24) is 5.32 Å². The summed E-state index contributed by atoms with van der Waals surface area (Å²) in [5.41, 5.74) is 1.25. The Morgan fingerprint density at radius 2 is 2.15 bits per heavy atom. The molecular formula is C17H22BrNO. The Labute approximate surface area is 129 Å². The Morgan fingerprint density at radius 1 is 1.35 bits per heavy atom. The molecule has 108 valence electrons. The molecule has 1 aliphatic rings. The van der Waals surface area contributed by atoms with E-state index in [2.05, 4.69) is 54.2 Å². The number of hydrogen-bond acceptors (Lipinski definition) is 2. The van der Waals surface area contributed by atoms with E-state index in [9.17, 15) is 0 Å². The van der Waals surface area contributed by atoms with E-state index < -0.39 is 0 Å². The summed E-state index contributed by atoms with van der Waals surface area (Å²) in [7, 11) is 0. The van der Waals surface area contributed by atoms with Crippen LogP contribution in [0.5, 0.6) is 0 Å². The van der Waals surface area contributed by atoms with Crippen molar-refractivity contribution in [2.24, 2.45) is 5.41 Å². The first kappa shape index (κ1) is 14.2. The fraction of sp³-hybridized carbons (Fsp3) is 0.529. The lowest BCUT2D eigenvalue weighted by Gasteiger charge is -2.51. The lowest BCUT2D eigenvalue weighted by Crippen LogP contribution is -2.55. The van der Waals surface area contributed by atoms with Crippen LogP contribution in [0.1, 0.15) is 45.3 Å². The highest BCUT2D eigenvalue weighted by Crippen LogP contribution is 2.53. The SMILES string of the molecule is CCCNC1CC(c2cc3cc(Br)ccc3o2)C1(C)C. The predicted octanol–water partition coefficient (Wildman–Crippen LogP) is 5.08. The largest absolute Gasteiger partial charge is 0.461 e. The average Bonchev–Trinajstić information content (AvgIpc) is 2.79. The van der Waals surface area contributed by atoms with E-state index >= 15 is 0 Å². The number of nitrogens with one attached hydrogen (secondary N) is 1. The lowest BCUT2D eigenvalue weighted by atomic mass is 9.57. The molecular weight excluding hydrogens is 314 g/mol. The van der Waals surface area contributed by atoms with Gasteiger partial charge in [-0.3, -0.25) is 0 Å². The average molecular weight is 336 g/mol. The first-order valence-corrected chi connectivity index (χ1v) is 8.24. The second-order valence-corrected chi connectivity index (χ2v) is 7.36.